The van der Waals surface area contributed by atoms with Gasteiger partial charge in [0.2, 0.25) is 0 Å². The SMILES string of the molecule is COCCN(CCC#N)C(=O)c1cccc(NN)n1. The Hall–Kier alpha value is -2.17. The minimum Gasteiger partial charge on any atom is -0.383 e. The van der Waals surface area contributed by atoms with Crippen molar-refractivity contribution >= 4 is 11.7 Å². The first-order valence-corrected chi connectivity index (χ1v) is 5.81. The highest BCUT2D eigenvalue weighted by Crippen LogP contribution is 2.07. The minimum atomic E-state index is -0.246. The van der Waals surface area contributed by atoms with E-state index in [1.165, 1.54) is 4.90 Å². The Morgan fingerprint density at radius 2 is 2.37 bits per heavy atom. The number of nitrogen functional groups attached to an aromatic ring is 1. The van der Waals surface area contributed by atoms with Crippen LogP contribution >= 0.6 is 0 Å². The molecule has 0 fully saturated rings. The van der Waals surface area contributed by atoms with E-state index in [4.69, 9.17) is 15.8 Å². The molecule has 0 aliphatic rings. The van der Waals surface area contributed by atoms with E-state index < -0.39 is 0 Å². The van der Waals surface area contributed by atoms with Gasteiger partial charge in [0.05, 0.1) is 19.1 Å². The Morgan fingerprint density at radius 1 is 1.58 bits per heavy atom. The quantitative estimate of drug-likeness (QED) is 0.544. The zero-order chi connectivity index (χ0) is 14.1. The molecule has 7 nitrogen and oxygen atoms in total. The molecule has 0 radical (unpaired) electrons. The molecule has 1 amide bonds. The molecule has 0 unspecified atom stereocenters. The molecule has 1 aromatic rings. The Kier molecular flexibility index (Phi) is 6.29. The van der Waals surface area contributed by atoms with Crippen LogP contribution in [0.2, 0.25) is 0 Å². The van der Waals surface area contributed by atoms with Crippen molar-refractivity contribution < 1.29 is 9.53 Å². The van der Waals surface area contributed by atoms with Crippen LogP contribution in [-0.2, 0) is 4.74 Å². The van der Waals surface area contributed by atoms with Gasteiger partial charge in [-0.15, -0.1) is 0 Å². The number of carbonyl (C=O) groups excluding carboxylic acids is 1. The third-order valence-corrected chi connectivity index (χ3v) is 2.46. The maximum absolute atomic E-state index is 12.3. The molecule has 0 atom stereocenters. The first-order chi connectivity index (χ1) is 9.22. The molecule has 102 valence electrons. The summed E-state index contributed by atoms with van der Waals surface area (Å²) < 4.78 is 4.95. The molecule has 1 rings (SSSR count). The fraction of sp³-hybridized carbons (Fsp3) is 0.417. The summed E-state index contributed by atoms with van der Waals surface area (Å²) in [5, 5.41) is 8.61. The van der Waals surface area contributed by atoms with Crippen molar-refractivity contribution in [3.8, 4) is 6.07 Å². The maximum atomic E-state index is 12.3. The van der Waals surface area contributed by atoms with Gasteiger partial charge in [-0.3, -0.25) is 4.79 Å². The van der Waals surface area contributed by atoms with Gasteiger partial charge in [0.1, 0.15) is 11.5 Å². The second kappa shape index (κ2) is 8.02. The molecule has 19 heavy (non-hydrogen) atoms. The predicted molar refractivity (Wildman–Crippen MR) is 70.1 cm³/mol. The second-order valence-corrected chi connectivity index (χ2v) is 3.75. The molecular weight excluding hydrogens is 246 g/mol. The van der Waals surface area contributed by atoms with Gasteiger partial charge in [-0.1, -0.05) is 6.07 Å². The summed E-state index contributed by atoms with van der Waals surface area (Å²) in [6, 6.07) is 6.97. The number of hydrogen-bond acceptors (Lipinski definition) is 6. The van der Waals surface area contributed by atoms with Crippen LogP contribution in [-0.4, -0.2) is 42.6 Å². The number of amides is 1. The minimum absolute atomic E-state index is 0.246. The second-order valence-electron chi connectivity index (χ2n) is 3.75. The number of anilines is 1. The lowest BCUT2D eigenvalue weighted by Gasteiger charge is -2.20. The van der Waals surface area contributed by atoms with Crippen molar-refractivity contribution in [3.63, 3.8) is 0 Å². The van der Waals surface area contributed by atoms with Gasteiger partial charge in [0, 0.05) is 20.2 Å². The Balaban J connectivity index is 2.81. The average Bonchev–Trinajstić information content (AvgIpc) is 2.47. The number of nitrogens with one attached hydrogen (secondary N) is 1. The smallest absolute Gasteiger partial charge is 0.272 e. The molecular formula is C12H17N5O2. The van der Waals surface area contributed by atoms with Crippen LogP contribution in [0.15, 0.2) is 18.2 Å². The molecule has 0 aliphatic carbocycles. The lowest BCUT2D eigenvalue weighted by molar-refractivity contribution is 0.0694. The fourth-order valence-electron chi connectivity index (χ4n) is 1.50. The van der Waals surface area contributed by atoms with Crippen LogP contribution < -0.4 is 11.3 Å². The largest absolute Gasteiger partial charge is 0.383 e. The van der Waals surface area contributed by atoms with Gasteiger partial charge in [0.15, 0.2) is 0 Å². The van der Waals surface area contributed by atoms with E-state index in [1.807, 2.05) is 6.07 Å². The highest BCUT2D eigenvalue weighted by atomic mass is 16.5. The standard InChI is InChI=1S/C12H17N5O2/c1-19-9-8-17(7-3-6-13)12(18)10-4-2-5-11(15-10)16-14/h2,4-5H,3,7-9,14H2,1H3,(H,15,16). The van der Waals surface area contributed by atoms with Crippen molar-refractivity contribution in [1.29, 1.82) is 5.26 Å². The summed E-state index contributed by atoms with van der Waals surface area (Å²) in [4.78, 5) is 17.9. The summed E-state index contributed by atoms with van der Waals surface area (Å²) in [5.41, 5.74) is 2.67. The zero-order valence-electron chi connectivity index (χ0n) is 10.8. The van der Waals surface area contributed by atoms with Crippen molar-refractivity contribution in [2.24, 2.45) is 5.84 Å². The highest BCUT2D eigenvalue weighted by Gasteiger charge is 2.16. The lowest BCUT2D eigenvalue weighted by Crippen LogP contribution is -2.35. The van der Waals surface area contributed by atoms with Crippen LogP contribution in [0.4, 0.5) is 5.82 Å². The summed E-state index contributed by atoms with van der Waals surface area (Å²) in [5.74, 6) is 5.42. The van der Waals surface area contributed by atoms with Crippen molar-refractivity contribution in [3.05, 3.63) is 23.9 Å². The highest BCUT2D eigenvalue weighted by molar-refractivity contribution is 5.92. The normalized spacial score (nSPS) is 9.74. The summed E-state index contributed by atoms with van der Waals surface area (Å²) in [6.45, 7) is 1.17. The molecule has 7 heteroatoms. The van der Waals surface area contributed by atoms with Gasteiger partial charge < -0.3 is 15.1 Å². The molecule has 0 aromatic carbocycles. The third-order valence-electron chi connectivity index (χ3n) is 2.46. The van der Waals surface area contributed by atoms with Crippen molar-refractivity contribution in [2.45, 2.75) is 6.42 Å². The lowest BCUT2D eigenvalue weighted by atomic mass is 10.3. The molecule has 3 N–H and O–H groups in total. The topological polar surface area (TPSA) is 104 Å². The van der Waals surface area contributed by atoms with Crippen LogP contribution in [0.1, 0.15) is 16.9 Å². The number of carbonyl (C=O) groups is 1. The number of hydrogen-bond donors (Lipinski definition) is 2. The van der Waals surface area contributed by atoms with Gasteiger partial charge in [-0.05, 0) is 12.1 Å². The van der Waals surface area contributed by atoms with Crippen LogP contribution in [0, 0.1) is 11.3 Å². The number of nitrogens with two attached hydrogens (primary N) is 1. The van der Waals surface area contributed by atoms with Gasteiger partial charge in [-0.25, -0.2) is 10.8 Å². The first kappa shape index (κ1) is 14.9. The van der Waals surface area contributed by atoms with E-state index >= 15 is 0 Å². The van der Waals surface area contributed by atoms with Crippen molar-refractivity contribution in [2.75, 3.05) is 32.2 Å². The van der Waals surface area contributed by atoms with Crippen molar-refractivity contribution in [1.82, 2.24) is 9.88 Å². The molecule has 0 bridgehead atoms. The number of ether oxygens (including phenoxy) is 1. The number of rotatable bonds is 7. The molecule has 0 saturated carbocycles. The van der Waals surface area contributed by atoms with E-state index in [2.05, 4.69) is 10.4 Å². The van der Waals surface area contributed by atoms with Gasteiger partial charge in [0.25, 0.3) is 5.91 Å². The molecule has 0 aliphatic heterocycles. The fourth-order valence-corrected chi connectivity index (χ4v) is 1.50. The molecule has 0 saturated heterocycles. The Morgan fingerprint density at radius 3 is 3.00 bits per heavy atom. The van der Waals surface area contributed by atoms with Crippen LogP contribution in [0.3, 0.4) is 0 Å². The van der Waals surface area contributed by atoms with Gasteiger partial charge >= 0.3 is 0 Å². The van der Waals surface area contributed by atoms with E-state index in [-0.39, 0.29) is 18.0 Å². The number of nitriles is 1. The monoisotopic (exact) mass is 263 g/mol. The van der Waals surface area contributed by atoms with Crippen LogP contribution in [0.5, 0.6) is 0 Å². The zero-order valence-corrected chi connectivity index (χ0v) is 10.8. The maximum Gasteiger partial charge on any atom is 0.272 e. The Bertz CT molecular complexity index is 458. The average molecular weight is 263 g/mol. The number of aromatic nitrogens is 1. The van der Waals surface area contributed by atoms with Crippen LogP contribution in [0.25, 0.3) is 0 Å². The van der Waals surface area contributed by atoms with E-state index in [9.17, 15) is 4.79 Å². The number of hydrazine groups is 1. The predicted octanol–water partition coefficient (Wildman–Crippen LogP) is 0.369. The van der Waals surface area contributed by atoms with Gasteiger partial charge in [-0.2, -0.15) is 5.26 Å². The number of methoxy groups -OCH3 is 1. The number of pyridine rings is 1. The molecule has 1 aromatic heterocycles. The summed E-state index contributed by atoms with van der Waals surface area (Å²) in [6.07, 6.45) is 0.268. The molecule has 0 spiro atoms. The van der Waals surface area contributed by atoms with E-state index in [1.54, 1.807) is 25.3 Å². The summed E-state index contributed by atoms with van der Waals surface area (Å²) in [7, 11) is 1.56. The summed E-state index contributed by atoms with van der Waals surface area (Å²) >= 11 is 0. The Labute approximate surface area is 111 Å². The molecule has 1 heterocycles. The van der Waals surface area contributed by atoms with E-state index in [0.29, 0.717) is 25.5 Å². The first-order valence-electron chi connectivity index (χ1n) is 5.81. The third kappa shape index (κ3) is 4.54. The van der Waals surface area contributed by atoms with E-state index in [0.717, 1.165) is 0 Å². The number of nitrogens with zero attached hydrogens (tertiary/aromatic N) is 3.